The Balaban J connectivity index is 2.13. The van der Waals surface area contributed by atoms with Crippen molar-refractivity contribution in [1.82, 2.24) is 9.97 Å². The van der Waals surface area contributed by atoms with Gasteiger partial charge in [0, 0.05) is 11.4 Å². The highest BCUT2D eigenvalue weighted by molar-refractivity contribution is 6.02. The predicted molar refractivity (Wildman–Crippen MR) is 86.7 cm³/mol. The van der Waals surface area contributed by atoms with Gasteiger partial charge in [0.1, 0.15) is 5.69 Å². The van der Waals surface area contributed by atoms with Crippen LogP contribution in [0, 0.1) is 12.8 Å². The summed E-state index contributed by atoms with van der Waals surface area (Å²) in [6.07, 6.45) is -4.42. The third-order valence-electron chi connectivity index (χ3n) is 3.52. The zero-order valence-electron chi connectivity index (χ0n) is 14.0. The molecule has 2 aromatic rings. The molecule has 0 saturated carbocycles. The molecule has 1 aromatic heterocycles. The molecule has 138 valence electrons. The number of aliphatic carboxylic acids is 1. The van der Waals surface area contributed by atoms with Crippen molar-refractivity contribution in [3.63, 3.8) is 0 Å². The van der Waals surface area contributed by atoms with Crippen LogP contribution in [0.5, 0.6) is 0 Å². The lowest BCUT2D eigenvalue weighted by Gasteiger charge is -2.10. The van der Waals surface area contributed by atoms with Gasteiger partial charge in [0.2, 0.25) is 5.82 Å². The van der Waals surface area contributed by atoms with E-state index < -0.39 is 35.5 Å². The fraction of sp³-hybridized carbons (Fsp3) is 0.294. The highest BCUT2D eigenvalue weighted by Crippen LogP contribution is 2.26. The fourth-order valence-electron chi connectivity index (χ4n) is 2.17. The number of aromatic nitrogens is 2. The first-order chi connectivity index (χ1) is 12.1. The molecule has 0 saturated heterocycles. The molecule has 1 aromatic carbocycles. The lowest BCUT2D eigenvalue weighted by molar-refractivity contribution is -0.145. The van der Waals surface area contributed by atoms with E-state index in [1.807, 2.05) is 0 Å². The van der Waals surface area contributed by atoms with E-state index in [9.17, 15) is 22.8 Å². The molecule has 0 spiro atoms. The van der Waals surface area contributed by atoms with Crippen molar-refractivity contribution in [2.45, 2.75) is 26.4 Å². The van der Waals surface area contributed by atoms with Crippen LogP contribution in [0.3, 0.4) is 0 Å². The molecule has 9 heteroatoms. The average Bonchev–Trinajstić information content (AvgIpc) is 2.55. The number of carboxylic acid groups (broad SMARTS) is 1. The van der Waals surface area contributed by atoms with Gasteiger partial charge in [-0.05, 0) is 37.1 Å². The van der Waals surface area contributed by atoms with Gasteiger partial charge in [-0.15, -0.1) is 0 Å². The number of benzene rings is 1. The van der Waals surface area contributed by atoms with Crippen LogP contribution >= 0.6 is 0 Å². The molecule has 1 amide bonds. The van der Waals surface area contributed by atoms with E-state index in [4.69, 9.17) is 5.11 Å². The number of anilines is 1. The third kappa shape index (κ3) is 5.01. The Kier molecular flexibility index (Phi) is 5.59. The molecule has 0 fully saturated rings. The Morgan fingerprint density at radius 1 is 1.19 bits per heavy atom. The largest absolute Gasteiger partial charge is 0.481 e. The first-order valence-corrected chi connectivity index (χ1v) is 7.62. The summed E-state index contributed by atoms with van der Waals surface area (Å²) in [5, 5.41) is 11.4. The van der Waals surface area contributed by atoms with Gasteiger partial charge < -0.3 is 10.4 Å². The quantitative estimate of drug-likeness (QED) is 0.846. The van der Waals surface area contributed by atoms with Gasteiger partial charge in [-0.25, -0.2) is 9.97 Å². The van der Waals surface area contributed by atoms with E-state index in [0.717, 1.165) is 11.6 Å². The van der Waals surface area contributed by atoms with Crippen LogP contribution in [-0.2, 0) is 17.4 Å². The van der Waals surface area contributed by atoms with Crippen LogP contribution in [0.15, 0.2) is 30.3 Å². The summed E-state index contributed by atoms with van der Waals surface area (Å²) < 4.78 is 38.2. The summed E-state index contributed by atoms with van der Waals surface area (Å²) in [5.74, 6) is -3.64. The van der Waals surface area contributed by atoms with Crippen LogP contribution < -0.4 is 5.32 Å². The minimum absolute atomic E-state index is 0.0236. The monoisotopic (exact) mass is 367 g/mol. The highest BCUT2D eigenvalue weighted by atomic mass is 19.4. The van der Waals surface area contributed by atoms with Gasteiger partial charge >= 0.3 is 12.1 Å². The number of nitrogens with one attached hydrogen (secondary N) is 1. The molecular formula is C17H16F3N3O3. The van der Waals surface area contributed by atoms with Gasteiger partial charge in [-0.3, -0.25) is 9.59 Å². The number of amides is 1. The maximum absolute atomic E-state index is 12.7. The topological polar surface area (TPSA) is 92.2 Å². The summed E-state index contributed by atoms with van der Waals surface area (Å²) in [5.41, 5.74) is 0.741. The standard InChI is InChI=1S/C17H16F3N3O3/c1-9(15(25)26)7-11-3-5-12(6-4-11)22-14(24)13-8-10(2)21-16(23-13)17(18,19)20/h3-6,8-9H,7H2,1-2H3,(H,22,24)(H,25,26). The maximum Gasteiger partial charge on any atom is 0.451 e. The van der Waals surface area contributed by atoms with Gasteiger partial charge in [0.15, 0.2) is 0 Å². The second kappa shape index (κ2) is 7.51. The number of carbonyl (C=O) groups excluding carboxylic acids is 1. The molecule has 6 nitrogen and oxygen atoms in total. The minimum Gasteiger partial charge on any atom is -0.481 e. The van der Waals surface area contributed by atoms with E-state index in [0.29, 0.717) is 12.1 Å². The number of aryl methyl sites for hydroxylation is 1. The normalized spacial score (nSPS) is 12.5. The van der Waals surface area contributed by atoms with Crippen LogP contribution in [0.1, 0.15) is 34.5 Å². The van der Waals surface area contributed by atoms with Crippen molar-refractivity contribution < 1.29 is 27.9 Å². The Bertz CT molecular complexity index is 820. The number of halogens is 3. The first-order valence-electron chi connectivity index (χ1n) is 7.62. The Morgan fingerprint density at radius 3 is 2.35 bits per heavy atom. The average molecular weight is 367 g/mol. The third-order valence-corrected chi connectivity index (χ3v) is 3.52. The van der Waals surface area contributed by atoms with E-state index >= 15 is 0 Å². The van der Waals surface area contributed by atoms with Crippen molar-refractivity contribution in [1.29, 1.82) is 0 Å². The van der Waals surface area contributed by atoms with E-state index in [1.165, 1.54) is 6.92 Å². The molecular weight excluding hydrogens is 351 g/mol. The van der Waals surface area contributed by atoms with E-state index in [-0.39, 0.29) is 5.69 Å². The minimum atomic E-state index is -4.75. The molecule has 2 rings (SSSR count). The fourth-order valence-corrected chi connectivity index (χ4v) is 2.17. The lowest BCUT2D eigenvalue weighted by atomic mass is 10.0. The van der Waals surface area contributed by atoms with Crippen molar-refractivity contribution in [2.24, 2.45) is 5.92 Å². The summed E-state index contributed by atoms with van der Waals surface area (Å²) >= 11 is 0. The van der Waals surface area contributed by atoms with Crippen molar-refractivity contribution >= 4 is 17.6 Å². The lowest BCUT2D eigenvalue weighted by Crippen LogP contribution is -2.19. The van der Waals surface area contributed by atoms with Gasteiger partial charge in [0.25, 0.3) is 5.91 Å². The van der Waals surface area contributed by atoms with Crippen LogP contribution in [0.25, 0.3) is 0 Å². The number of hydrogen-bond donors (Lipinski definition) is 2. The maximum atomic E-state index is 12.7. The van der Waals surface area contributed by atoms with Crippen molar-refractivity contribution in [3.05, 3.63) is 53.1 Å². The molecule has 2 N–H and O–H groups in total. The molecule has 1 atom stereocenters. The number of hydrogen-bond acceptors (Lipinski definition) is 4. The van der Waals surface area contributed by atoms with Gasteiger partial charge in [0.05, 0.1) is 5.92 Å². The van der Waals surface area contributed by atoms with Crippen LogP contribution in [0.4, 0.5) is 18.9 Å². The highest BCUT2D eigenvalue weighted by Gasteiger charge is 2.35. The summed E-state index contributed by atoms with van der Waals surface area (Å²) in [6.45, 7) is 2.92. The number of rotatable bonds is 5. The van der Waals surface area contributed by atoms with E-state index in [2.05, 4.69) is 15.3 Å². The second-order valence-electron chi connectivity index (χ2n) is 5.81. The van der Waals surface area contributed by atoms with E-state index in [1.54, 1.807) is 31.2 Å². The smallest absolute Gasteiger partial charge is 0.451 e. The van der Waals surface area contributed by atoms with Crippen molar-refractivity contribution in [3.8, 4) is 0 Å². The number of nitrogens with zero attached hydrogens (tertiary/aromatic N) is 2. The Labute approximate surface area is 147 Å². The van der Waals surface area contributed by atoms with Crippen LogP contribution in [-0.4, -0.2) is 27.0 Å². The zero-order valence-corrected chi connectivity index (χ0v) is 14.0. The predicted octanol–water partition coefficient (Wildman–Crippen LogP) is 3.32. The molecule has 0 aliphatic rings. The Morgan fingerprint density at radius 2 is 1.81 bits per heavy atom. The number of carbonyl (C=O) groups is 2. The molecule has 0 radical (unpaired) electrons. The summed E-state index contributed by atoms with van der Waals surface area (Å²) in [4.78, 5) is 29.5. The molecule has 1 heterocycles. The summed E-state index contributed by atoms with van der Waals surface area (Å²) in [7, 11) is 0. The zero-order chi connectivity index (χ0) is 19.5. The van der Waals surface area contributed by atoms with Crippen LogP contribution in [0.2, 0.25) is 0 Å². The number of alkyl halides is 3. The Hall–Kier alpha value is -2.97. The van der Waals surface area contributed by atoms with Gasteiger partial charge in [-0.2, -0.15) is 13.2 Å². The molecule has 0 bridgehead atoms. The van der Waals surface area contributed by atoms with Gasteiger partial charge in [-0.1, -0.05) is 19.1 Å². The molecule has 0 aliphatic carbocycles. The molecule has 1 unspecified atom stereocenters. The molecule has 26 heavy (non-hydrogen) atoms. The van der Waals surface area contributed by atoms with Crippen molar-refractivity contribution in [2.75, 3.05) is 5.32 Å². The second-order valence-corrected chi connectivity index (χ2v) is 5.81. The first kappa shape index (κ1) is 19.4. The number of carboxylic acids is 1. The summed E-state index contributed by atoms with van der Waals surface area (Å²) in [6, 6.07) is 7.53. The SMILES string of the molecule is Cc1cc(C(=O)Nc2ccc(CC(C)C(=O)O)cc2)nc(C(F)(F)F)n1. The molecule has 0 aliphatic heterocycles.